The van der Waals surface area contributed by atoms with Gasteiger partial charge in [-0.05, 0) is 56.1 Å². The molecule has 0 unspecified atom stereocenters. The van der Waals surface area contributed by atoms with E-state index < -0.39 is 6.10 Å². The first-order chi connectivity index (χ1) is 15.6. The minimum atomic E-state index is -0.656. The molecule has 6 heteroatoms. The van der Waals surface area contributed by atoms with Crippen molar-refractivity contribution in [2.24, 2.45) is 0 Å². The molecule has 0 bridgehead atoms. The minimum Gasteiger partial charge on any atom is -0.395 e. The second kappa shape index (κ2) is 10.2. The van der Waals surface area contributed by atoms with E-state index in [1.165, 1.54) is 0 Å². The molecule has 32 heavy (non-hydrogen) atoms. The number of anilines is 1. The molecular weight excluding hydrogens is 402 g/mol. The van der Waals surface area contributed by atoms with Gasteiger partial charge in [-0.15, -0.1) is 0 Å². The number of hydrogen-bond acceptors (Lipinski definition) is 4. The Hall–Kier alpha value is -2.85. The van der Waals surface area contributed by atoms with E-state index in [0.29, 0.717) is 6.54 Å². The first-order valence-electron chi connectivity index (χ1n) is 11.3. The predicted octanol–water partition coefficient (Wildman–Crippen LogP) is 2.88. The first-order valence-corrected chi connectivity index (χ1v) is 11.3. The van der Waals surface area contributed by atoms with Gasteiger partial charge in [-0.3, -0.25) is 4.90 Å². The molecule has 0 saturated carbocycles. The van der Waals surface area contributed by atoms with Gasteiger partial charge in [0.1, 0.15) is 6.10 Å². The van der Waals surface area contributed by atoms with Crippen LogP contribution < -0.4 is 5.32 Å². The normalized spacial score (nSPS) is 24.1. The summed E-state index contributed by atoms with van der Waals surface area (Å²) < 4.78 is 0. The van der Waals surface area contributed by atoms with Crippen LogP contribution in [0.5, 0.6) is 0 Å². The molecule has 3 N–H and O–H groups in total. The lowest BCUT2D eigenvalue weighted by Gasteiger charge is -2.57. The van der Waals surface area contributed by atoms with Gasteiger partial charge in [-0.1, -0.05) is 42.2 Å². The maximum atomic E-state index is 13.0. The van der Waals surface area contributed by atoms with E-state index in [2.05, 4.69) is 34.2 Å². The summed E-state index contributed by atoms with van der Waals surface area (Å²) in [5.74, 6) is 5.89. The number of carbonyl (C=O) groups is 1. The topological polar surface area (TPSA) is 76.0 Å². The van der Waals surface area contributed by atoms with Gasteiger partial charge in [0.15, 0.2) is 0 Å². The molecule has 0 radical (unpaired) electrons. The van der Waals surface area contributed by atoms with Crippen LogP contribution in [0.3, 0.4) is 0 Å². The van der Waals surface area contributed by atoms with E-state index in [1.807, 2.05) is 47.4 Å². The molecule has 2 fully saturated rings. The van der Waals surface area contributed by atoms with Gasteiger partial charge in [0, 0.05) is 42.3 Å². The molecule has 4 rings (SSSR count). The van der Waals surface area contributed by atoms with Crippen molar-refractivity contribution in [2.75, 3.05) is 31.6 Å². The molecule has 0 aromatic heterocycles. The number of para-hydroxylation sites is 1. The average molecular weight is 434 g/mol. The van der Waals surface area contributed by atoms with E-state index in [0.717, 1.165) is 42.7 Å². The number of nitrogens with zero attached hydrogens (tertiary/aromatic N) is 2. The summed E-state index contributed by atoms with van der Waals surface area (Å²) >= 11 is 0. The molecule has 2 heterocycles. The second-order valence-corrected chi connectivity index (χ2v) is 8.60. The van der Waals surface area contributed by atoms with Gasteiger partial charge in [-0.2, -0.15) is 0 Å². The van der Waals surface area contributed by atoms with Gasteiger partial charge < -0.3 is 20.4 Å². The van der Waals surface area contributed by atoms with Gasteiger partial charge >= 0.3 is 6.03 Å². The lowest BCUT2D eigenvalue weighted by Crippen LogP contribution is -2.68. The van der Waals surface area contributed by atoms with Crippen molar-refractivity contribution in [1.29, 1.82) is 0 Å². The first kappa shape index (κ1) is 22.3. The SMILES string of the molecule is C[C@H](O)C#Cc1ccc([C@@H]2[C@H]3CN(C(=O)Nc4ccccc4)CCCCN3[C@H]2CO)cc1. The Kier molecular flexibility index (Phi) is 7.11. The quantitative estimate of drug-likeness (QED) is 0.651. The van der Waals surface area contributed by atoms with Crippen LogP contribution >= 0.6 is 0 Å². The number of fused-ring (bicyclic) bond motifs is 1. The summed E-state index contributed by atoms with van der Waals surface area (Å²) in [5.41, 5.74) is 2.80. The van der Waals surface area contributed by atoms with Crippen molar-refractivity contribution in [2.45, 2.75) is 43.9 Å². The van der Waals surface area contributed by atoms with E-state index in [4.69, 9.17) is 0 Å². The molecule has 0 spiro atoms. The average Bonchev–Trinajstić information content (AvgIpc) is 2.78. The Labute approximate surface area is 189 Å². The van der Waals surface area contributed by atoms with Crippen molar-refractivity contribution >= 4 is 11.7 Å². The van der Waals surface area contributed by atoms with Crippen LogP contribution in [0.15, 0.2) is 54.6 Å². The highest BCUT2D eigenvalue weighted by Crippen LogP contribution is 2.42. The summed E-state index contributed by atoms with van der Waals surface area (Å²) in [6, 6.07) is 17.7. The molecule has 2 aliphatic heterocycles. The van der Waals surface area contributed by atoms with Crippen LogP contribution in [0.1, 0.15) is 36.8 Å². The fraction of sp³-hybridized carbons (Fsp3) is 0.423. The van der Waals surface area contributed by atoms with E-state index in [9.17, 15) is 15.0 Å². The number of aliphatic hydroxyl groups excluding tert-OH is 2. The highest BCUT2D eigenvalue weighted by atomic mass is 16.3. The van der Waals surface area contributed by atoms with Crippen molar-refractivity contribution in [1.82, 2.24) is 9.80 Å². The molecule has 168 valence electrons. The molecule has 6 nitrogen and oxygen atoms in total. The molecular formula is C26H31N3O3. The minimum absolute atomic E-state index is 0.0616. The number of benzene rings is 2. The fourth-order valence-corrected chi connectivity index (χ4v) is 4.83. The second-order valence-electron chi connectivity index (χ2n) is 8.60. The van der Waals surface area contributed by atoms with Crippen molar-refractivity contribution in [3.8, 4) is 11.8 Å². The van der Waals surface area contributed by atoms with Crippen LogP contribution in [0.25, 0.3) is 0 Å². The monoisotopic (exact) mass is 433 g/mol. The maximum absolute atomic E-state index is 13.0. The van der Waals surface area contributed by atoms with Gasteiger partial charge in [-0.25, -0.2) is 4.79 Å². The number of hydrogen-bond donors (Lipinski definition) is 3. The van der Waals surface area contributed by atoms with Crippen LogP contribution in [-0.2, 0) is 0 Å². The number of carbonyl (C=O) groups excluding carboxylic acids is 1. The third kappa shape index (κ3) is 4.97. The maximum Gasteiger partial charge on any atom is 0.321 e. The van der Waals surface area contributed by atoms with E-state index >= 15 is 0 Å². The van der Waals surface area contributed by atoms with Gasteiger partial charge in [0.25, 0.3) is 0 Å². The van der Waals surface area contributed by atoms with Crippen LogP contribution in [0.2, 0.25) is 0 Å². The molecule has 4 atom stereocenters. The Bertz CT molecular complexity index is 965. The molecule has 2 amide bonds. The standard InChI is InChI=1S/C26H31N3O3/c1-19(31)9-10-20-11-13-21(14-12-20)25-23-17-28(15-5-6-16-29(23)24(25)18-30)26(32)27-22-7-3-2-4-8-22/h2-4,7-8,11-14,19,23-25,30-31H,5-6,15-18H2,1H3,(H,27,32)/t19-,23+,24-,25+/m0/s1. The zero-order valence-electron chi connectivity index (χ0n) is 18.4. The number of rotatable bonds is 3. The zero-order chi connectivity index (χ0) is 22.5. The van der Waals surface area contributed by atoms with E-state index in [1.54, 1.807) is 6.92 Å². The third-order valence-electron chi connectivity index (χ3n) is 6.40. The summed E-state index contributed by atoms with van der Waals surface area (Å²) in [6.07, 6.45) is 1.30. The summed E-state index contributed by atoms with van der Waals surface area (Å²) in [5, 5.41) is 22.5. The van der Waals surface area contributed by atoms with Gasteiger partial charge in [0.2, 0.25) is 0 Å². The Morgan fingerprint density at radius 3 is 2.53 bits per heavy atom. The molecule has 2 saturated heterocycles. The zero-order valence-corrected chi connectivity index (χ0v) is 18.4. The Balaban J connectivity index is 1.51. The molecule has 2 aromatic rings. The number of nitrogens with one attached hydrogen (secondary N) is 1. The highest BCUT2D eigenvalue weighted by molar-refractivity contribution is 5.89. The largest absolute Gasteiger partial charge is 0.395 e. The lowest BCUT2D eigenvalue weighted by molar-refractivity contribution is -0.0585. The number of urea groups is 1. The molecule has 2 aromatic carbocycles. The van der Waals surface area contributed by atoms with Crippen LogP contribution in [0.4, 0.5) is 10.5 Å². The van der Waals surface area contributed by atoms with Crippen LogP contribution in [0, 0.1) is 11.8 Å². The van der Waals surface area contributed by atoms with Crippen molar-refractivity contribution in [3.63, 3.8) is 0 Å². The number of aliphatic hydroxyl groups is 2. The predicted molar refractivity (Wildman–Crippen MR) is 125 cm³/mol. The van der Waals surface area contributed by atoms with E-state index in [-0.39, 0.29) is 30.6 Å². The van der Waals surface area contributed by atoms with Gasteiger partial charge in [0.05, 0.1) is 6.61 Å². The number of amides is 2. The van der Waals surface area contributed by atoms with Crippen LogP contribution in [-0.4, -0.2) is 70.5 Å². The fourth-order valence-electron chi connectivity index (χ4n) is 4.83. The Morgan fingerprint density at radius 1 is 1.12 bits per heavy atom. The smallest absolute Gasteiger partial charge is 0.321 e. The Morgan fingerprint density at radius 2 is 1.84 bits per heavy atom. The van der Waals surface area contributed by atoms with Crippen molar-refractivity contribution in [3.05, 3.63) is 65.7 Å². The highest BCUT2D eigenvalue weighted by Gasteiger charge is 2.49. The lowest BCUT2D eigenvalue weighted by atomic mass is 9.74. The summed E-state index contributed by atoms with van der Waals surface area (Å²) in [6.45, 7) is 4.04. The third-order valence-corrected chi connectivity index (χ3v) is 6.40. The summed E-state index contributed by atoms with van der Waals surface area (Å²) in [7, 11) is 0. The molecule has 2 aliphatic rings. The van der Waals surface area contributed by atoms with Crippen molar-refractivity contribution < 1.29 is 15.0 Å². The summed E-state index contributed by atoms with van der Waals surface area (Å²) in [4.78, 5) is 17.3. The molecule has 0 aliphatic carbocycles.